The molecule has 0 saturated carbocycles. The van der Waals surface area contributed by atoms with Gasteiger partial charge in [-0.3, -0.25) is 4.79 Å². The Morgan fingerprint density at radius 3 is 2.75 bits per heavy atom. The third kappa shape index (κ3) is 2.55. The molecule has 0 aliphatic heterocycles. The second-order valence-corrected chi connectivity index (χ2v) is 2.74. The molecule has 0 heterocycles. The van der Waals surface area contributed by atoms with Gasteiger partial charge in [0.2, 0.25) is 0 Å². The van der Waals surface area contributed by atoms with Crippen molar-refractivity contribution in [1.82, 2.24) is 0 Å². The molecule has 1 aromatic carbocycles. The Kier molecular flexibility index (Phi) is 3.61. The van der Waals surface area contributed by atoms with E-state index in [1.54, 1.807) is 6.07 Å². The van der Waals surface area contributed by atoms with E-state index in [2.05, 4.69) is 12.6 Å². The molecule has 12 heavy (non-hydrogen) atoms. The van der Waals surface area contributed by atoms with Gasteiger partial charge < -0.3 is 0 Å². The van der Waals surface area contributed by atoms with Gasteiger partial charge in [0, 0.05) is 11.3 Å². The van der Waals surface area contributed by atoms with E-state index in [-0.39, 0.29) is 0 Å². The van der Waals surface area contributed by atoms with E-state index < -0.39 is 0 Å². The summed E-state index contributed by atoms with van der Waals surface area (Å²) in [5.41, 5.74) is 1.74. The van der Waals surface area contributed by atoms with Gasteiger partial charge in [0.15, 0.2) is 0 Å². The normalized spacial score (nSPS) is 10.4. The van der Waals surface area contributed by atoms with Gasteiger partial charge in [-0.15, -0.1) is 0 Å². The number of hydrogen-bond donors (Lipinski definition) is 1. The number of carbonyl (C=O) groups is 1. The minimum absolute atomic E-state index is 0.705. The molecule has 0 aliphatic carbocycles. The van der Waals surface area contributed by atoms with Crippen molar-refractivity contribution in [2.75, 3.05) is 5.75 Å². The SMILES string of the molecule is O=Cc1cccc(C=CCS)c1. The lowest BCUT2D eigenvalue weighted by Gasteiger charge is -1.93. The molecule has 1 aromatic rings. The molecule has 0 aliphatic rings. The maximum absolute atomic E-state index is 10.4. The fraction of sp³-hybridized carbons (Fsp3) is 0.100. The molecule has 0 aromatic heterocycles. The van der Waals surface area contributed by atoms with E-state index >= 15 is 0 Å². The van der Waals surface area contributed by atoms with Gasteiger partial charge in [-0.1, -0.05) is 30.4 Å². The molecule has 1 rings (SSSR count). The van der Waals surface area contributed by atoms with Gasteiger partial charge in [-0.25, -0.2) is 0 Å². The van der Waals surface area contributed by atoms with Crippen molar-refractivity contribution in [2.45, 2.75) is 0 Å². The van der Waals surface area contributed by atoms with Crippen LogP contribution in [0.5, 0.6) is 0 Å². The van der Waals surface area contributed by atoms with Gasteiger partial charge in [0.25, 0.3) is 0 Å². The highest BCUT2D eigenvalue weighted by Gasteiger charge is 1.89. The zero-order valence-electron chi connectivity index (χ0n) is 6.60. The molecule has 0 bridgehead atoms. The fourth-order valence-corrected chi connectivity index (χ4v) is 1.03. The van der Waals surface area contributed by atoms with Crippen LogP contribution < -0.4 is 0 Å². The summed E-state index contributed by atoms with van der Waals surface area (Å²) in [6.45, 7) is 0. The molecule has 1 nitrogen and oxygen atoms in total. The lowest BCUT2D eigenvalue weighted by atomic mass is 10.1. The Labute approximate surface area is 77.5 Å². The summed E-state index contributed by atoms with van der Waals surface area (Å²) in [6, 6.07) is 7.44. The molecule has 0 N–H and O–H groups in total. The van der Waals surface area contributed by atoms with Crippen molar-refractivity contribution >= 4 is 25.0 Å². The highest BCUT2D eigenvalue weighted by Crippen LogP contribution is 2.05. The first kappa shape index (κ1) is 9.07. The zero-order chi connectivity index (χ0) is 8.81. The highest BCUT2D eigenvalue weighted by atomic mass is 32.1. The van der Waals surface area contributed by atoms with Crippen LogP contribution in [0, 0.1) is 0 Å². The molecule has 0 saturated heterocycles. The van der Waals surface area contributed by atoms with Gasteiger partial charge in [0.1, 0.15) is 6.29 Å². The maximum atomic E-state index is 10.4. The molecule has 0 unspecified atom stereocenters. The molecule has 0 spiro atoms. The van der Waals surface area contributed by atoms with Crippen LogP contribution in [0.1, 0.15) is 15.9 Å². The van der Waals surface area contributed by atoms with Crippen molar-refractivity contribution in [3.63, 3.8) is 0 Å². The summed E-state index contributed by atoms with van der Waals surface area (Å²) < 4.78 is 0. The first-order valence-electron chi connectivity index (χ1n) is 3.69. The van der Waals surface area contributed by atoms with Gasteiger partial charge in [0.05, 0.1) is 0 Å². The first-order chi connectivity index (χ1) is 5.86. The molecular weight excluding hydrogens is 168 g/mol. The predicted molar refractivity (Wildman–Crippen MR) is 54.7 cm³/mol. The summed E-state index contributed by atoms with van der Waals surface area (Å²) >= 11 is 4.04. The van der Waals surface area contributed by atoms with Crippen LogP contribution in [-0.4, -0.2) is 12.0 Å². The number of carbonyl (C=O) groups excluding carboxylic acids is 1. The van der Waals surface area contributed by atoms with Crippen LogP contribution in [0.15, 0.2) is 30.3 Å². The van der Waals surface area contributed by atoms with Crippen LogP contribution in [0.2, 0.25) is 0 Å². The van der Waals surface area contributed by atoms with Gasteiger partial charge >= 0.3 is 0 Å². The Hall–Kier alpha value is -1.02. The summed E-state index contributed by atoms with van der Waals surface area (Å²) in [7, 11) is 0. The molecule has 0 radical (unpaired) electrons. The average Bonchev–Trinajstić information content (AvgIpc) is 2.15. The second kappa shape index (κ2) is 4.78. The second-order valence-electron chi connectivity index (χ2n) is 2.37. The number of benzene rings is 1. The van der Waals surface area contributed by atoms with E-state index in [4.69, 9.17) is 0 Å². The Balaban J connectivity index is 2.86. The largest absolute Gasteiger partial charge is 0.298 e. The van der Waals surface area contributed by atoms with E-state index in [0.717, 1.165) is 11.8 Å². The Morgan fingerprint density at radius 1 is 1.33 bits per heavy atom. The molecular formula is C10H10OS. The van der Waals surface area contributed by atoms with Crippen LogP contribution in [-0.2, 0) is 0 Å². The van der Waals surface area contributed by atoms with Crippen LogP contribution in [0.25, 0.3) is 6.08 Å². The van der Waals surface area contributed by atoms with E-state index in [1.165, 1.54) is 0 Å². The Bertz CT molecular complexity index is 292. The molecule has 62 valence electrons. The summed E-state index contributed by atoms with van der Waals surface area (Å²) in [5, 5.41) is 0. The molecule has 0 fully saturated rings. The molecule has 2 heteroatoms. The minimum atomic E-state index is 0.705. The summed E-state index contributed by atoms with van der Waals surface area (Å²) in [6.07, 6.45) is 4.73. The lowest BCUT2D eigenvalue weighted by Crippen LogP contribution is -1.79. The van der Waals surface area contributed by atoms with Crippen molar-refractivity contribution < 1.29 is 4.79 Å². The van der Waals surface area contributed by atoms with Gasteiger partial charge in [-0.2, -0.15) is 12.6 Å². The fourth-order valence-electron chi connectivity index (χ4n) is 0.925. The predicted octanol–water partition coefficient (Wildman–Crippen LogP) is 2.44. The summed E-state index contributed by atoms with van der Waals surface area (Å²) in [4.78, 5) is 10.4. The van der Waals surface area contributed by atoms with Crippen molar-refractivity contribution in [2.24, 2.45) is 0 Å². The van der Waals surface area contributed by atoms with E-state index in [1.807, 2.05) is 30.4 Å². The van der Waals surface area contributed by atoms with Crippen LogP contribution >= 0.6 is 12.6 Å². The smallest absolute Gasteiger partial charge is 0.150 e. The summed E-state index contributed by atoms with van der Waals surface area (Å²) in [5.74, 6) is 0.714. The number of hydrogen-bond acceptors (Lipinski definition) is 2. The topological polar surface area (TPSA) is 17.1 Å². The van der Waals surface area contributed by atoms with E-state index in [0.29, 0.717) is 11.3 Å². The zero-order valence-corrected chi connectivity index (χ0v) is 7.50. The quantitative estimate of drug-likeness (QED) is 0.555. The lowest BCUT2D eigenvalue weighted by molar-refractivity contribution is 0.112. The third-order valence-electron chi connectivity index (χ3n) is 1.46. The molecule has 0 amide bonds. The molecule has 0 atom stereocenters. The highest BCUT2D eigenvalue weighted by molar-refractivity contribution is 7.80. The third-order valence-corrected chi connectivity index (χ3v) is 1.67. The Morgan fingerprint density at radius 2 is 2.08 bits per heavy atom. The minimum Gasteiger partial charge on any atom is -0.298 e. The van der Waals surface area contributed by atoms with Crippen LogP contribution in [0.4, 0.5) is 0 Å². The van der Waals surface area contributed by atoms with E-state index in [9.17, 15) is 4.79 Å². The van der Waals surface area contributed by atoms with Crippen molar-refractivity contribution in [3.05, 3.63) is 41.5 Å². The average molecular weight is 178 g/mol. The van der Waals surface area contributed by atoms with Crippen LogP contribution in [0.3, 0.4) is 0 Å². The maximum Gasteiger partial charge on any atom is 0.150 e. The first-order valence-corrected chi connectivity index (χ1v) is 4.32. The standard InChI is InChI=1S/C10H10OS/c11-8-10-4-1-3-9(7-10)5-2-6-12/h1-5,7-8,12H,6H2. The number of aldehydes is 1. The van der Waals surface area contributed by atoms with Crippen molar-refractivity contribution in [3.8, 4) is 0 Å². The van der Waals surface area contributed by atoms with Crippen molar-refractivity contribution in [1.29, 1.82) is 0 Å². The number of rotatable bonds is 3. The monoisotopic (exact) mass is 178 g/mol. The van der Waals surface area contributed by atoms with Gasteiger partial charge in [-0.05, 0) is 11.6 Å². The number of thiol groups is 1.